The van der Waals surface area contributed by atoms with Gasteiger partial charge < -0.3 is 9.47 Å². The van der Waals surface area contributed by atoms with Gasteiger partial charge in [0, 0.05) is 6.04 Å². The molecule has 2 fully saturated rings. The highest BCUT2D eigenvalue weighted by Crippen LogP contribution is 2.39. The van der Waals surface area contributed by atoms with E-state index in [1.54, 1.807) is 7.11 Å². The number of methoxy groups -OCH3 is 1. The Labute approximate surface area is 183 Å². The Balaban J connectivity index is 1.86. The van der Waals surface area contributed by atoms with Gasteiger partial charge in [-0.3, -0.25) is 9.69 Å². The van der Waals surface area contributed by atoms with E-state index in [4.69, 9.17) is 28.1 Å². The van der Waals surface area contributed by atoms with Crippen LogP contribution in [0.15, 0.2) is 17.0 Å². The topological polar surface area (TPSA) is 38.8 Å². The number of carbonyl (C=O) groups is 1. The number of benzene rings is 1. The summed E-state index contributed by atoms with van der Waals surface area (Å²) in [4.78, 5) is 15.4. The third-order valence-corrected chi connectivity index (χ3v) is 6.74. The Kier molecular flexibility index (Phi) is 7.06. The van der Waals surface area contributed by atoms with Gasteiger partial charge in [-0.25, -0.2) is 0 Å². The summed E-state index contributed by atoms with van der Waals surface area (Å²) in [5.41, 5.74) is 0.869. The van der Waals surface area contributed by atoms with Crippen LogP contribution in [0.1, 0.15) is 37.7 Å². The zero-order valence-electron chi connectivity index (χ0n) is 15.0. The van der Waals surface area contributed by atoms with E-state index in [0.29, 0.717) is 20.7 Å². The van der Waals surface area contributed by atoms with Crippen molar-refractivity contribution in [2.24, 2.45) is 0 Å². The van der Waals surface area contributed by atoms with Crippen LogP contribution in [0.3, 0.4) is 0 Å². The number of amides is 1. The largest absolute Gasteiger partial charge is 0.493 e. The van der Waals surface area contributed by atoms with Crippen molar-refractivity contribution < 1.29 is 14.3 Å². The molecule has 0 N–H and O–H groups in total. The average Bonchev–Trinajstić information content (AvgIpc) is 2.94. The predicted octanol–water partition coefficient (Wildman–Crippen LogP) is 4.85. The van der Waals surface area contributed by atoms with E-state index in [0.717, 1.165) is 34.8 Å². The monoisotopic (exact) mass is 513 g/mol. The SMILES string of the molecule is C#CCOc1c(I)cc(/C=C2\SC(=S)N(C3CCCCC3)C2=O)cc1OC. The van der Waals surface area contributed by atoms with E-state index in [1.165, 1.54) is 18.2 Å². The molecule has 1 aromatic rings. The number of rotatable bonds is 5. The van der Waals surface area contributed by atoms with Gasteiger partial charge in [-0.2, -0.15) is 0 Å². The molecule has 1 heterocycles. The fourth-order valence-corrected chi connectivity index (χ4v) is 5.54. The first-order valence-corrected chi connectivity index (χ1v) is 11.1. The van der Waals surface area contributed by atoms with Gasteiger partial charge in [0.1, 0.15) is 10.9 Å². The molecule has 1 saturated heterocycles. The van der Waals surface area contributed by atoms with Crippen molar-refractivity contribution in [3.63, 3.8) is 0 Å². The lowest BCUT2D eigenvalue weighted by Crippen LogP contribution is -2.39. The molecule has 0 bridgehead atoms. The third-order valence-electron chi connectivity index (χ3n) is 4.61. The second kappa shape index (κ2) is 9.30. The molecular formula is C20H20INO3S2. The van der Waals surface area contributed by atoms with Gasteiger partial charge in [0.2, 0.25) is 0 Å². The number of thiocarbonyl (C=S) groups is 1. The van der Waals surface area contributed by atoms with E-state index in [1.807, 2.05) is 23.1 Å². The van der Waals surface area contributed by atoms with Gasteiger partial charge in [-0.1, -0.05) is 49.2 Å². The molecule has 1 aliphatic carbocycles. The van der Waals surface area contributed by atoms with Gasteiger partial charge >= 0.3 is 0 Å². The van der Waals surface area contributed by atoms with Crippen molar-refractivity contribution in [2.45, 2.75) is 38.1 Å². The molecule has 1 saturated carbocycles. The number of hydrogen-bond acceptors (Lipinski definition) is 5. The van der Waals surface area contributed by atoms with Gasteiger partial charge in [0.05, 0.1) is 15.6 Å². The van der Waals surface area contributed by atoms with Crippen molar-refractivity contribution in [1.29, 1.82) is 0 Å². The van der Waals surface area contributed by atoms with Gasteiger partial charge in [0.15, 0.2) is 11.5 Å². The summed E-state index contributed by atoms with van der Waals surface area (Å²) < 4.78 is 12.5. The van der Waals surface area contributed by atoms with Crippen LogP contribution < -0.4 is 9.47 Å². The Morgan fingerprint density at radius 2 is 2.15 bits per heavy atom. The number of nitrogens with zero attached hydrogens (tertiary/aromatic N) is 1. The van der Waals surface area contributed by atoms with Crippen LogP contribution in [0.25, 0.3) is 6.08 Å². The van der Waals surface area contributed by atoms with E-state index in [2.05, 4.69) is 28.5 Å². The maximum absolute atomic E-state index is 12.9. The molecule has 0 radical (unpaired) electrons. The van der Waals surface area contributed by atoms with Gasteiger partial charge in [0.25, 0.3) is 5.91 Å². The first kappa shape index (κ1) is 20.5. The van der Waals surface area contributed by atoms with Crippen LogP contribution >= 0.6 is 46.6 Å². The molecule has 0 aromatic heterocycles. The highest BCUT2D eigenvalue weighted by molar-refractivity contribution is 14.1. The standard InChI is InChI=1S/C20H20INO3S2/c1-3-9-25-18-15(21)10-13(11-16(18)24-2)12-17-19(23)22(20(26)27-17)14-7-5-4-6-8-14/h1,10-12,14H,4-9H2,2H3/b17-12-. The lowest BCUT2D eigenvalue weighted by atomic mass is 9.94. The van der Waals surface area contributed by atoms with Gasteiger partial charge in [-0.05, 0) is 59.2 Å². The Morgan fingerprint density at radius 1 is 1.41 bits per heavy atom. The summed E-state index contributed by atoms with van der Waals surface area (Å²) in [5, 5.41) is 0. The average molecular weight is 513 g/mol. The van der Waals surface area contributed by atoms with Crippen molar-refractivity contribution in [3.8, 4) is 23.8 Å². The lowest BCUT2D eigenvalue weighted by Gasteiger charge is -2.29. The number of ether oxygens (including phenoxy) is 2. The van der Waals surface area contributed by atoms with Crippen LogP contribution in [0, 0.1) is 15.9 Å². The third kappa shape index (κ3) is 4.61. The summed E-state index contributed by atoms with van der Waals surface area (Å²) in [7, 11) is 1.58. The van der Waals surface area contributed by atoms with Crippen molar-refractivity contribution in [1.82, 2.24) is 4.90 Å². The molecule has 1 aliphatic heterocycles. The Bertz CT molecular complexity index is 825. The molecule has 1 amide bonds. The van der Waals surface area contributed by atoms with Crippen molar-refractivity contribution >= 4 is 62.9 Å². The molecule has 27 heavy (non-hydrogen) atoms. The maximum atomic E-state index is 12.9. The lowest BCUT2D eigenvalue weighted by molar-refractivity contribution is -0.124. The molecule has 0 spiro atoms. The molecular weight excluding hydrogens is 493 g/mol. The van der Waals surface area contributed by atoms with Crippen LogP contribution in [0.2, 0.25) is 0 Å². The second-order valence-corrected chi connectivity index (χ2v) is 9.21. The van der Waals surface area contributed by atoms with Gasteiger partial charge in [-0.15, -0.1) is 6.42 Å². The van der Waals surface area contributed by atoms with E-state index in [9.17, 15) is 4.79 Å². The molecule has 142 valence electrons. The van der Waals surface area contributed by atoms with E-state index >= 15 is 0 Å². The Morgan fingerprint density at radius 3 is 2.81 bits per heavy atom. The summed E-state index contributed by atoms with van der Waals surface area (Å²) in [6, 6.07) is 4.04. The maximum Gasteiger partial charge on any atom is 0.266 e. The van der Waals surface area contributed by atoms with Crippen LogP contribution in [-0.2, 0) is 4.79 Å². The zero-order chi connectivity index (χ0) is 19.4. The van der Waals surface area contributed by atoms with E-state index in [-0.39, 0.29) is 18.6 Å². The summed E-state index contributed by atoms with van der Waals surface area (Å²) in [5.74, 6) is 3.67. The second-order valence-electron chi connectivity index (χ2n) is 6.37. The molecule has 0 atom stereocenters. The first-order chi connectivity index (χ1) is 13.0. The fraction of sp³-hybridized carbons (Fsp3) is 0.400. The minimum Gasteiger partial charge on any atom is -0.493 e. The molecule has 7 heteroatoms. The number of thioether (sulfide) groups is 1. The minimum absolute atomic E-state index is 0.0125. The quantitative estimate of drug-likeness (QED) is 0.244. The number of carbonyl (C=O) groups excluding carboxylic acids is 1. The minimum atomic E-state index is 0.0125. The molecule has 4 nitrogen and oxygen atoms in total. The number of terminal acetylenes is 1. The van der Waals surface area contributed by atoms with Crippen molar-refractivity contribution in [3.05, 3.63) is 26.2 Å². The highest BCUT2D eigenvalue weighted by atomic mass is 127. The molecule has 0 unspecified atom stereocenters. The normalized spacial score (nSPS) is 19.4. The highest BCUT2D eigenvalue weighted by Gasteiger charge is 2.37. The molecule has 2 aliphatic rings. The number of hydrogen-bond donors (Lipinski definition) is 0. The number of halogens is 1. The Hall–Kier alpha value is -1.24. The van der Waals surface area contributed by atoms with Crippen LogP contribution in [0.5, 0.6) is 11.5 Å². The molecule has 3 rings (SSSR count). The summed E-state index contributed by atoms with van der Waals surface area (Å²) >= 11 is 9.05. The zero-order valence-corrected chi connectivity index (χ0v) is 18.8. The van der Waals surface area contributed by atoms with Crippen LogP contribution in [-0.4, -0.2) is 34.9 Å². The smallest absolute Gasteiger partial charge is 0.266 e. The van der Waals surface area contributed by atoms with E-state index < -0.39 is 0 Å². The predicted molar refractivity (Wildman–Crippen MR) is 122 cm³/mol. The fourth-order valence-electron chi connectivity index (χ4n) is 3.36. The molecule has 1 aromatic carbocycles. The van der Waals surface area contributed by atoms with Crippen molar-refractivity contribution in [2.75, 3.05) is 13.7 Å². The first-order valence-electron chi connectivity index (χ1n) is 8.76. The summed E-state index contributed by atoms with van der Waals surface area (Å²) in [6.45, 7) is 0.172. The van der Waals surface area contributed by atoms with Crippen LogP contribution in [0.4, 0.5) is 0 Å². The summed E-state index contributed by atoms with van der Waals surface area (Å²) in [6.07, 6.45) is 12.8.